The van der Waals surface area contributed by atoms with Crippen LogP contribution in [0.25, 0.3) is 0 Å². The Morgan fingerprint density at radius 1 is 1.30 bits per heavy atom. The minimum Gasteiger partial charge on any atom is -0.393 e. The van der Waals surface area contributed by atoms with Crippen LogP contribution in [0.2, 0.25) is 0 Å². The predicted molar refractivity (Wildman–Crippen MR) is 72.4 cm³/mol. The van der Waals surface area contributed by atoms with Gasteiger partial charge in [0.2, 0.25) is 0 Å². The molecule has 1 N–H and O–H groups in total. The number of sulfonamides is 1. The molecule has 0 aromatic carbocycles. The molecular formula is C13H19N3O3S. The minimum absolute atomic E-state index is 0.0297. The maximum atomic E-state index is 12.5. The molecule has 1 aliphatic heterocycles. The lowest BCUT2D eigenvalue weighted by Gasteiger charge is -2.50. The van der Waals surface area contributed by atoms with Gasteiger partial charge in [0, 0.05) is 19.3 Å². The Balaban J connectivity index is 1.74. The van der Waals surface area contributed by atoms with Crippen molar-refractivity contribution < 1.29 is 13.5 Å². The molecule has 2 heterocycles. The van der Waals surface area contributed by atoms with E-state index in [4.69, 9.17) is 0 Å². The van der Waals surface area contributed by atoms with E-state index >= 15 is 0 Å². The van der Waals surface area contributed by atoms with E-state index in [1.807, 2.05) is 0 Å². The number of rotatable bonds is 2. The van der Waals surface area contributed by atoms with Crippen molar-refractivity contribution in [3.8, 4) is 0 Å². The zero-order valence-corrected chi connectivity index (χ0v) is 12.3. The maximum Gasteiger partial charge on any atom is 0.262 e. The topological polar surface area (TPSA) is 83.4 Å². The molecule has 0 atom stereocenters. The minimum atomic E-state index is -3.54. The third-order valence-corrected chi connectivity index (χ3v) is 6.23. The summed E-state index contributed by atoms with van der Waals surface area (Å²) in [6, 6.07) is 0. The summed E-state index contributed by atoms with van der Waals surface area (Å²) in [5.74, 6) is 0. The summed E-state index contributed by atoms with van der Waals surface area (Å²) >= 11 is 0. The fraction of sp³-hybridized carbons (Fsp3) is 0.692. The van der Waals surface area contributed by atoms with Gasteiger partial charge >= 0.3 is 0 Å². The van der Waals surface area contributed by atoms with Crippen LogP contribution in [-0.2, 0) is 10.0 Å². The smallest absolute Gasteiger partial charge is 0.262 e. The van der Waals surface area contributed by atoms with Gasteiger partial charge < -0.3 is 5.11 Å². The summed E-state index contributed by atoms with van der Waals surface area (Å²) in [5.41, 5.74) is 0.769. The van der Waals surface area contributed by atoms with Crippen LogP contribution in [-0.4, -0.2) is 47.0 Å². The summed E-state index contributed by atoms with van der Waals surface area (Å²) in [6.07, 6.45) is 5.92. The van der Waals surface area contributed by atoms with Crippen LogP contribution < -0.4 is 0 Å². The highest BCUT2D eigenvalue weighted by atomic mass is 32.2. The molecule has 7 heteroatoms. The molecule has 1 saturated carbocycles. The molecule has 0 radical (unpaired) electrons. The van der Waals surface area contributed by atoms with E-state index in [1.165, 1.54) is 10.5 Å². The Morgan fingerprint density at radius 2 is 1.95 bits per heavy atom. The fourth-order valence-corrected chi connectivity index (χ4v) is 4.63. The van der Waals surface area contributed by atoms with Gasteiger partial charge in [-0.15, -0.1) is 0 Å². The number of aliphatic hydroxyl groups excluding tert-OH is 1. The van der Waals surface area contributed by atoms with E-state index in [0.717, 1.165) is 25.7 Å². The van der Waals surface area contributed by atoms with Crippen LogP contribution in [0.3, 0.4) is 0 Å². The van der Waals surface area contributed by atoms with Crippen LogP contribution in [0, 0.1) is 12.3 Å². The SMILES string of the molecule is Cc1cncc(S(=O)(=O)N2CCC3(CC2)CC(O)C3)n1. The first-order chi connectivity index (χ1) is 9.41. The van der Waals surface area contributed by atoms with Crippen molar-refractivity contribution in [1.82, 2.24) is 14.3 Å². The molecule has 1 aromatic heterocycles. The Kier molecular flexibility index (Phi) is 3.30. The zero-order valence-electron chi connectivity index (χ0n) is 11.5. The molecule has 2 aliphatic rings. The highest BCUT2D eigenvalue weighted by Crippen LogP contribution is 2.49. The second-order valence-electron chi connectivity index (χ2n) is 5.96. The monoisotopic (exact) mass is 297 g/mol. The number of aryl methyl sites for hydroxylation is 1. The standard InChI is InChI=1S/C13H19N3O3S/c1-10-8-14-9-12(15-10)20(18,19)16-4-2-13(3-5-16)6-11(17)7-13/h8-9,11,17H,2-7H2,1H3. The van der Waals surface area contributed by atoms with Gasteiger partial charge in [-0.2, -0.15) is 4.31 Å². The summed E-state index contributed by atoms with van der Waals surface area (Å²) < 4.78 is 26.5. The Morgan fingerprint density at radius 3 is 2.50 bits per heavy atom. The number of hydrogen-bond donors (Lipinski definition) is 1. The maximum absolute atomic E-state index is 12.5. The van der Waals surface area contributed by atoms with E-state index in [9.17, 15) is 13.5 Å². The Hall–Kier alpha value is -1.05. The summed E-state index contributed by atoms with van der Waals surface area (Å²) in [7, 11) is -3.54. The molecule has 20 heavy (non-hydrogen) atoms. The Bertz CT molecular complexity index is 601. The van der Waals surface area contributed by atoms with E-state index in [1.54, 1.807) is 13.1 Å². The molecule has 6 nitrogen and oxygen atoms in total. The second kappa shape index (κ2) is 4.75. The Labute approximate surface area is 118 Å². The van der Waals surface area contributed by atoms with Gasteiger partial charge in [-0.3, -0.25) is 4.98 Å². The predicted octanol–water partition coefficient (Wildman–Crippen LogP) is 0.711. The van der Waals surface area contributed by atoms with Crippen LogP contribution in [0.15, 0.2) is 17.4 Å². The van der Waals surface area contributed by atoms with E-state index in [2.05, 4.69) is 9.97 Å². The molecule has 0 unspecified atom stereocenters. The molecule has 1 aromatic rings. The van der Waals surface area contributed by atoms with Gasteiger partial charge in [0.1, 0.15) is 0 Å². The quantitative estimate of drug-likeness (QED) is 0.869. The molecule has 0 amide bonds. The number of aliphatic hydroxyl groups is 1. The van der Waals surface area contributed by atoms with Gasteiger partial charge in [-0.25, -0.2) is 13.4 Å². The highest BCUT2D eigenvalue weighted by Gasteiger charge is 2.46. The van der Waals surface area contributed by atoms with Crippen molar-refractivity contribution in [2.45, 2.75) is 43.7 Å². The van der Waals surface area contributed by atoms with Crippen LogP contribution in [0.4, 0.5) is 0 Å². The largest absolute Gasteiger partial charge is 0.393 e. The lowest BCUT2D eigenvalue weighted by atomic mass is 9.62. The number of aromatic nitrogens is 2. The number of hydrogen-bond acceptors (Lipinski definition) is 5. The molecule has 0 bridgehead atoms. The molecular weight excluding hydrogens is 278 g/mol. The van der Waals surface area contributed by atoms with E-state index in [0.29, 0.717) is 18.8 Å². The van der Waals surface area contributed by atoms with Crippen molar-refractivity contribution in [2.24, 2.45) is 5.41 Å². The number of piperidine rings is 1. The first-order valence-corrected chi connectivity index (χ1v) is 8.32. The lowest BCUT2D eigenvalue weighted by Crippen LogP contribution is -2.50. The van der Waals surface area contributed by atoms with Gasteiger partial charge in [0.05, 0.1) is 18.0 Å². The van der Waals surface area contributed by atoms with Crippen molar-refractivity contribution in [2.75, 3.05) is 13.1 Å². The summed E-state index contributed by atoms with van der Waals surface area (Å²) in [6.45, 7) is 2.74. The van der Waals surface area contributed by atoms with Crippen molar-refractivity contribution in [1.29, 1.82) is 0 Å². The van der Waals surface area contributed by atoms with E-state index in [-0.39, 0.29) is 16.5 Å². The third-order valence-electron chi connectivity index (χ3n) is 4.46. The molecule has 3 rings (SSSR count). The van der Waals surface area contributed by atoms with Gasteiger partial charge in [0.25, 0.3) is 10.0 Å². The van der Waals surface area contributed by atoms with Crippen LogP contribution in [0.1, 0.15) is 31.4 Å². The average molecular weight is 297 g/mol. The second-order valence-corrected chi connectivity index (χ2v) is 7.85. The molecule has 110 valence electrons. The normalized spacial score (nSPS) is 23.7. The fourth-order valence-electron chi connectivity index (χ4n) is 3.25. The highest BCUT2D eigenvalue weighted by molar-refractivity contribution is 7.89. The summed E-state index contributed by atoms with van der Waals surface area (Å²) in [5, 5.41) is 9.48. The van der Waals surface area contributed by atoms with Gasteiger partial charge in [-0.05, 0) is 38.0 Å². The molecule has 1 spiro atoms. The van der Waals surface area contributed by atoms with Gasteiger partial charge in [0.15, 0.2) is 5.03 Å². The van der Waals surface area contributed by atoms with Gasteiger partial charge in [-0.1, -0.05) is 0 Å². The van der Waals surface area contributed by atoms with Crippen molar-refractivity contribution in [3.63, 3.8) is 0 Å². The molecule has 1 saturated heterocycles. The molecule has 1 aliphatic carbocycles. The third kappa shape index (κ3) is 2.34. The average Bonchev–Trinajstić information content (AvgIpc) is 2.38. The lowest BCUT2D eigenvalue weighted by molar-refractivity contribution is -0.0586. The van der Waals surface area contributed by atoms with Crippen molar-refractivity contribution >= 4 is 10.0 Å². The first kappa shape index (κ1) is 13.9. The van der Waals surface area contributed by atoms with Crippen LogP contribution in [0.5, 0.6) is 0 Å². The summed E-state index contributed by atoms with van der Waals surface area (Å²) in [4.78, 5) is 7.98. The van der Waals surface area contributed by atoms with E-state index < -0.39 is 10.0 Å². The zero-order chi connectivity index (χ0) is 14.4. The van der Waals surface area contributed by atoms with Crippen LogP contribution >= 0.6 is 0 Å². The van der Waals surface area contributed by atoms with Crippen molar-refractivity contribution in [3.05, 3.63) is 18.1 Å². The first-order valence-electron chi connectivity index (χ1n) is 6.88. The molecule has 2 fully saturated rings. The number of nitrogens with zero attached hydrogens (tertiary/aromatic N) is 3.